The second kappa shape index (κ2) is 7.09. The van der Waals surface area contributed by atoms with E-state index in [4.69, 9.17) is 9.05 Å². The van der Waals surface area contributed by atoms with Crippen molar-refractivity contribution >= 4 is 25.5 Å². The van der Waals surface area contributed by atoms with E-state index in [1.54, 1.807) is 36.4 Å². The summed E-state index contributed by atoms with van der Waals surface area (Å²) in [6.45, 7) is 14.0. The van der Waals surface area contributed by atoms with Gasteiger partial charge in [-0.3, -0.25) is 9.13 Å². The first-order chi connectivity index (χ1) is 11.4. The zero-order chi connectivity index (χ0) is 17.8. The summed E-state index contributed by atoms with van der Waals surface area (Å²) in [5.41, 5.74) is 0. The highest BCUT2D eigenvalue weighted by Gasteiger charge is 2.16. The molecule has 0 saturated heterocycles. The fraction of sp³-hybridized carbons (Fsp3) is 0. The fourth-order valence-corrected chi connectivity index (χ4v) is 3.43. The monoisotopic (exact) mass is 360 g/mol. The molecule has 0 spiro atoms. The molecule has 24 heavy (non-hydrogen) atoms. The van der Waals surface area contributed by atoms with Crippen molar-refractivity contribution in [1.82, 2.24) is 0 Å². The summed E-state index contributed by atoms with van der Waals surface area (Å²) in [4.78, 5) is 0. The lowest BCUT2D eigenvalue weighted by Gasteiger charge is -2.14. The van der Waals surface area contributed by atoms with Crippen molar-refractivity contribution in [2.45, 2.75) is 0 Å². The Morgan fingerprint density at radius 1 is 0.667 bits per heavy atom. The van der Waals surface area contributed by atoms with Crippen molar-refractivity contribution in [3.8, 4) is 11.5 Å². The maximum atomic E-state index is 12.2. The molecular formula is C18H18O4P2. The van der Waals surface area contributed by atoms with Crippen molar-refractivity contribution in [2.75, 3.05) is 0 Å². The number of benzene rings is 2. The minimum Gasteiger partial charge on any atom is -0.438 e. The topological polar surface area (TPSA) is 52.6 Å². The Balaban J connectivity index is 2.35. The van der Waals surface area contributed by atoms with Crippen LogP contribution in [0.15, 0.2) is 86.0 Å². The van der Waals surface area contributed by atoms with Gasteiger partial charge < -0.3 is 9.05 Å². The molecule has 0 aliphatic heterocycles. The molecule has 4 nitrogen and oxygen atoms in total. The minimum atomic E-state index is -3.08. The SMILES string of the molecule is C=CP(=O)(C=C)Oc1ccc2cc(OP(=O)(C=C)C=C)ccc2c1. The van der Waals surface area contributed by atoms with Crippen molar-refractivity contribution in [2.24, 2.45) is 0 Å². The first kappa shape index (κ1) is 18.1. The Kier molecular flexibility index (Phi) is 5.33. The Morgan fingerprint density at radius 2 is 1.00 bits per heavy atom. The van der Waals surface area contributed by atoms with Crippen LogP contribution in [0, 0.1) is 0 Å². The molecule has 0 unspecified atom stereocenters. The van der Waals surface area contributed by atoms with Gasteiger partial charge in [0.25, 0.3) is 14.7 Å². The van der Waals surface area contributed by atoms with Gasteiger partial charge in [0.05, 0.1) is 0 Å². The van der Waals surface area contributed by atoms with E-state index in [9.17, 15) is 9.13 Å². The molecule has 124 valence electrons. The molecule has 0 amide bonds. The van der Waals surface area contributed by atoms with Crippen molar-refractivity contribution in [3.63, 3.8) is 0 Å². The zero-order valence-electron chi connectivity index (χ0n) is 13.1. The third-order valence-corrected chi connectivity index (χ3v) is 6.33. The van der Waals surface area contributed by atoms with Crippen LogP contribution in [0.2, 0.25) is 0 Å². The average Bonchev–Trinajstić information content (AvgIpc) is 2.61. The third kappa shape index (κ3) is 3.97. The number of hydrogen-bond donors (Lipinski definition) is 0. The van der Waals surface area contributed by atoms with E-state index < -0.39 is 14.7 Å². The molecule has 2 aromatic rings. The lowest BCUT2D eigenvalue weighted by Crippen LogP contribution is -1.89. The molecule has 0 heterocycles. The van der Waals surface area contributed by atoms with E-state index in [-0.39, 0.29) is 0 Å². The molecule has 0 N–H and O–H groups in total. The number of fused-ring (bicyclic) bond motifs is 1. The molecule has 0 aromatic heterocycles. The quantitative estimate of drug-likeness (QED) is 0.490. The molecule has 0 aliphatic carbocycles. The molecule has 6 heteroatoms. The Labute approximate surface area is 141 Å². The predicted octanol–water partition coefficient (Wildman–Crippen LogP) is 6.73. The molecular weight excluding hydrogens is 342 g/mol. The van der Waals surface area contributed by atoms with Crippen LogP contribution in [0.3, 0.4) is 0 Å². The summed E-state index contributed by atoms with van der Waals surface area (Å²) >= 11 is 0. The van der Waals surface area contributed by atoms with Gasteiger partial charge in [-0.05, 0) is 35.0 Å². The van der Waals surface area contributed by atoms with Gasteiger partial charge >= 0.3 is 0 Å². The van der Waals surface area contributed by atoms with Crippen LogP contribution in [0.1, 0.15) is 0 Å². The molecule has 2 aromatic carbocycles. The van der Waals surface area contributed by atoms with Crippen LogP contribution in [-0.4, -0.2) is 0 Å². The van der Waals surface area contributed by atoms with Crippen LogP contribution in [0.5, 0.6) is 11.5 Å². The van der Waals surface area contributed by atoms with Gasteiger partial charge in [0.1, 0.15) is 11.5 Å². The first-order valence-electron chi connectivity index (χ1n) is 7.03. The van der Waals surface area contributed by atoms with E-state index in [0.717, 1.165) is 10.8 Å². The summed E-state index contributed by atoms with van der Waals surface area (Å²) < 4.78 is 35.4. The third-order valence-electron chi connectivity index (χ3n) is 3.30. The molecule has 2 rings (SSSR count). The first-order valence-corrected chi connectivity index (χ1v) is 10.6. The summed E-state index contributed by atoms with van der Waals surface area (Å²) in [6.07, 6.45) is 0. The Hall–Kier alpha value is -2.28. The molecule has 0 radical (unpaired) electrons. The highest BCUT2D eigenvalue weighted by molar-refractivity contribution is 7.66. The molecule has 0 bridgehead atoms. The second-order valence-electron chi connectivity index (χ2n) is 4.87. The van der Waals surface area contributed by atoms with Crippen molar-refractivity contribution < 1.29 is 18.2 Å². The maximum absolute atomic E-state index is 12.2. The van der Waals surface area contributed by atoms with Crippen LogP contribution in [0.4, 0.5) is 0 Å². The average molecular weight is 360 g/mol. The standard InChI is InChI=1S/C18H18O4P2/c1-5-23(19,6-2)21-17-11-9-16-14-18(12-10-15(16)13-17)22-24(20,7-3)8-4/h5-14H,1-4H2. The summed E-state index contributed by atoms with van der Waals surface area (Å²) in [6, 6.07) is 10.5. The summed E-state index contributed by atoms with van der Waals surface area (Å²) in [5.74, 6) is 5.91. The van der Waals surface area contributed by atoms with Gasteiger partial charge in [0, 0.05) is 23.3 Å². The molecule has 0 atom stereocenters. The van der Waals surface area contributed by atoms with Crippen LogP contribution < -0.4 is 9.05 Å². The Morgan fingerprint density at radius 3 is 1.29 bits per heavy atom. The number of hydrogen-bond acceptors (Lipinski definition) is 4. The van der Waals surface area contributed by atoms with Crippen LogP contribution in [-0.2, 0) is 9.13 Å². The van der Waals surface area contributed by atoms with Gasteiger partial charge in [-0.1, -0.05) is 38.4 Å². The normalized spacial score (nSPS) is 11.5. The minimum absolute atomic E-state index is 0.446. The van der Waals surface area contributed by atoms with E-state index >= 15 is 0 Å². The fourth-order valence-electron chi connectivity index (χ4n) is 1.94. The van der Waals surface area contributed by atoms with E-state index in [1.165, 1.54) is 23.3 Å². The van der Waals surface area contributed by atoms with E-state index in [1.807, 2.05) is 0 Å². The van der Waals surface area contributed by atoms with Crippen molar-refractivity contribution in [3.05, 3.63) is 86.0 Å². The number of rotatable bonds is 8. The van der Waals surface area contributed by atoms with Gasteiger partial charge in [0.15, 0.2) is 0 Å². The maximum Gasteiger partial charge on any atom is 0.291 e. The van der Waals surface area contributed by atoms with Gasteiger partial charge in [0.2, 0.25) is 0 Å². The van der Waals surface area contributed by atoms with Crippen LogP contribution >= 0.6 is 14.7 Å². The van der Waals surface area contributed by atoms with Crippen LogP contribution in [0.25, 0.3) is 10.8 Å². The Bertz CT molecular complexity index is 815. The largest absolute Gasteiger partial charge is 0.438 e. The van der Waals surface area contributed by atoms with E-state index in [2.05, 4.69) is 26.3 Å². The summed E-state index contributed by atoms with van der Waals surface area (Å²) in [7, 11) is -6.17. The van der Waals surface area contributed by atoms with Crippen molar-refractivity contribution in [1.29, 1.82) is 0 Å². The highest BCUT2D eigenvalue weighted by Crippen LogP contribution is 2.50. The molecule has 0 aliphatic rings. The lowest BCUT2D eigenvalue weighted by molar-refractivity contribution is 0.500. The van der Waals surface area contributed by atoms with Gasteiger partial charge in [-0.25, -0.2) is 0 Å². The smallest absolute Gasteiger partial charge is 0.291 e. The molecule has 0 fully saturated rings. The van der Waals surface area contributed by atoms with Gasteiger partial charge in [-0.15, -0.1) is 0 Å². The summed E-state index contributed by atoms with van der Waals surface area (Å²) in [5, 5.41) is 1.71. The predicted molar refractivity (Wildman–Crippen MR) is 101 cm³/mol. The van der Waals surface area contributed by atoms with Gasteiger partial charge in [-0.2, -0.15) is 0 Å². The lowest BCUT2D eigenvalue weighted by atomic mass is 10.1. The van der Waals surface area contributed by atoms with E-state index in [0.29, 0.717) is 11.5 Å². The second-order valence-corrected chi connectivity index (χ2v) is 9.28. The molecule has 0 saturated carbocycles. The highest BCUT2D eigenvalue weighted by atomic mass is 31.2. The zero-order valence-corrected chi connectivity index (χ0v) is 14.9.